The number of benzene rings is 2. The monoisotopic (exact) mass is 715 g/mol. The van der Waals surface area contributed by atoms with Crippen molar-refractivity contribution in [3.63, 3.8) is 0 Å². The Morgan fingerprint density at radius 1 is 0.906 bits per heavy atom. The van der Waals surface area contributed by atoms with Gasteiger partial charge in [0.05, 0.1) is 43.0 Å². The number of rotatable bonds is 11. The van der Waals surface area contributed by atoms with Crippen LogP contribution in [0.1, 0.15) is 47.5 Å². The number of imidazole rings is 1. The normalized spacial score (nSPS) is 21.4. The van der Waals surface area contributed by atoms with Crippen molar-refractivity contribution in [1.29, 1.82) is 0 Å². The molecule has 0 radical (unpaired) electrons. The number of pyridine rings is 1. The summed E-state index contributed by atoms with van der Waals surface area (Å²) in [7, 11) is 0. The Hall–Kier alpha value is -5.90. The summed E-state index contributed by atoms with van der Waals surface area (Å²) in [6.45, 7) is 1.44. The number of aliphatic hydroxyl groups is 3. The minimum atomic E-state index is -1.17. The van der Waals surface area contributed by atoms with E-state index in [1.54, 1.807) is 47.8 Å². The lowest BCUT2D eigenvalue weighted by Crippen LogP contribution is -2.40. The molecule has 8 rings (SSSR count). The number of carbonyl (C=O) groups excluding carboxylic acids is 1. The number of fused-ring (bicyclic) bond motifs is 1. The average molecular weight is 716 g/mol. The summed E-state index contributed by atoms with van der Waals surface area (Å²) in [4.78, 5) is 33.4. The first kappa shape index (κ1) is 34.2. The molecule has 6 aromatic rings. The maximum atomic E-state index is 12.7. The lowest BCUT2D eigenvalue weighted by Gasteiger charge is -2.23. The molecular formula is C38H41N11O4. The third-order valence-corrected chi connectivity index (χ3v) is 10.1. The number of hydrogen-bond acceptors (Lipinski definition) is 11. The number of hydrogen-bond donors (Lipinski definition) is 6. The standard InChI is InChI=1S/C38H41N11O4/c50-23-24-17-42-48(21-24)31-16-32(34(52)33(31)51)49-35-30(45-37(49)40-19-29(25-8-3-1-4-9-25)26-10-5-2-6-11-26)20-41-36(46-35)47-15-13-28(22-47)44-38(53)43-27-12-7-14-39-18-27/h1-12,14,17-18,20-21,28-29,31-34,50-52H,13,15-16,19,22-23H2,(H,40,45)(H2,43,44,53)/t28-,31+,32-,33-,34+/m1/s1. The third kappa shape index (κ3) is 7.13. The van der Waals surface area contributed by atoms with Crippen molar-refractivity contribution in [3.8, 4) is 0 Å². The SMILES string of the molecule is O=C(Nc1cccnc1)N[C@@H]1CCN(c2ncc3nc(NCC(c4ccccc4)c4ccccc4)n([C@@H]4C[C@H](n5cc(CO)cn5)[C@@H](O)[C@H]4O)c3n2)C1. The molecule has 0 unspecified atom stereocenters. The summed E-state index contributed by atoms with van der Waals surface area (Å²) in [5.41, 5.74) is 4.53. The van der Waals surface area contributed by atoms with Crippen molar-refractivity contribution in [2.45, 2.75) is 55.7 Å². The summed E-state index contributed by atoms with van der Waals surface area (Å²) in [6, 6.07) is 22.4. The van der Waals surface area contributed by atoms with E-state index in [1.807, 2.05) is 45.9 Å². The summed E-state index contributed by atoms with van der Waals surface area (Å²) >= 11 is 0. The van der Waals surface area contributed by atoms with Crippen LogP contribution in [0.2, 0.25) is 0 Å². The molecule has 2 amide bonds. The first-order valence-electron chi connectivity index (χ1n) is 17.8. The van der Waals surface area contributed by atoms with Gasteiger partial charge in [-0.15, -0.1) is 0 Å². The fourth-order valence-electron chi connectivity index (χ4n) is 7.46. The molecule has 4 aromatic heterocycles. The molecule has 272 valence electrons. The van der Waals surface area contributed by atoms with Crippen LogP contribution in [0.3, 0.4) is 0 Å². The number of nitrogens with zero attached hydrogens (tertiary/aromatic N) is 8. The molecule has 2 aromatic carbocycles. The summed E-state index contributed by atoms with van der Waals surface area (Å²) in [5, 5.41) is 46.4. The van der Waals surface area contributed by atoms with Crippen LogP contribution >= 0.6 is 0 Å². The highest BCUT2D eigenvalue weighted by molar-refractivity contribution is 5.89. The highest BCUT2D eigenvalue weighted by atomic mass is 16.3. The summed E-state index contributed by atoms with van der Waals surface area (Å²) in [5.74, 6) is 0.951. The van der Waals surface area contributed by atoms with Crippen molar-refractivity contribution in [3.05, 3.63) is 120 Å². The molecule has 0 spiro atoms. The van der Waals surface area contributed by atoms with Gasteiger partial charge >= 0.3 is 6.03 Å². The Morgan fingerprint density at radius 2 is 1.66 bits per heavy atom. The predicted octanol–water partition coefficient (Wildman–Crippen LogP) is 3.46. The largest absolute Gasteiger partial charge is 0.392 e. The van der Waals surface area contributed by atoms with Gasteiger partial charge in [-0.2, -0.15) is 10.1 Å². The molecule has 15 heteroatoms. The van der Waals surface area contributed by atoms with Gasteiger partial charge in [-0.05, 0) is 36.1 Å². The molecule has 15 nitrogen and oxygen atoms in total. The number of anilines is 3. The van der Waals surface area contributed by atoms with Gasteiger partial charge in [-0.1, -0.05) is 60.7 Å². The van der Waals surface area contributed by atoms with Crippen LogP contribution in [-0.4, -0.2) is 93.5 Å². The zero-order chi connectivity index (χ0) is 36.3. The average Bonchev–Trinajstić information content (AvgIpc) is 3.99. The van der Waals surface area contributed by atoms with Gasteiger partial charge in [-0.25, -0.2) is 14.8 Å². The minimum absolute atomic E-state index is 0.00971. The lowest BCUT2D eigenvalue weighted by atomic mass is 9.91. The van der Waals surface area contributed by atoms with Gasteiger partial charge in [0, 0.05) is 49.6 Å². The number of nitrogens with one attached hydrogen (secondary N) is 3. The Labute approximate surface area is 305 Å². The molecule has 0 bridgehead atoms. The minimum Gasteiger partial charge on any atom is -0.392 e. The molecule has 5 heterocycles. The van der Waals surface area contributed by atoms with Crippen molar-refractivity contribution in [1.82, 2.24) is 39.6 Å². The van der Waals surface area contributed by atoms with E-state index in [0.717, 1.165) is 11.1 Å². The Morgan fingerprint density at radius 3 is 2.36 bits per heavy atom. The number of aliphatic hydroxyl groups excluding tert-OH is 3. The molecule has 1 saturated carbocycles. The van der Waals surface area contributed by atoms with Crippen molar-refractivity contribution in [2.24, 2.45) is 0 Å². The fraction of sp³-hybridized carbons (Fsp3) is 0.316. The van der Waals surface area contributed by atoms with Crippen molar-refractivity contribution in [2.75, 3.05) is 35.2 Å². The van der Waals surface area contributed by atoms with Crippen LogP contribution in [-0.2, 0) is 6.61 Å². The third-order valence-electron chi connectivity index (χ3n) is 10.1. The lowest BCUT2D eigenvalue weighted by molar-refractivity contribution is 0.00746. The topological polar surface area (TPSA) is 191 Å². The number of aromatic nitrogens is 7. The van der Waals surface area contributed by atoms with Crippen LogP contribution < -0.4 is 20.9 Å². The van der Waals surface area contributed by atoms with Crippen LogP contribution in [0, 0.1) is 0 Å². The van der Waals surface area contributed by atoms with Crippen LogP contribution in [0.15, 0.2) is 104 Å². The summed E-state index contributed by atoms with van der Waals surface area (Å²) in [6.07, 6.45) is 6.87. The molecule has 53 heavy (non-hydrogen) atoms. The zero-order valence-electron chi connectivity index (χ0n) is 28.8. The molecule has 1 aliphatic carbocycles. The first-order valence-corrected chi connectivity index (χ1v) is 17.8. The fourth-order valence-corrected chi connectivity index (χ4v) is 7.46. The Bertz CT molecular complexity index is 2110. The van der Waals surface area contributed by atoms with Crippen molar-refractivity contribution < 1.29 is 20.1 Å². The molecule has 2 aliphatic rings. The van der Waals surface area contributed by atoms with Gasteiger partial charge < -0.3 is 36.2 Å². The smallest absolute Gasteiger partial charge is 0.319 e. The second-order valence-corrected chi connectivity index (χ2v) is 13.5. The van der Waals surface area contributed by atoms with Gasteiger partial charge in [0.15, 0.2) is 5.65 Å². The van der Waals surface area contributed by atoms with Crippen LogP contribution in [0.4, 0.5) is 22.4 Å². The molecular weight excluding hydrogens is 674 g/mol. The Kier molecular flexibility index (Phi) is 9.67. The maximum absolute atomic E-state index is 12.7. The van der Waals surface area contributed by atoms with E-state index in [1.165, 1.54) is 0 Å². The zero-order valence-corrected chi connectivity index (χ0v) is 28.8. The van der Waals surface area contributed by atoms with E-state index >= 15 is 0 Å². The van der Waals surface area contributed by atoms with Gasteiger partial charge in [0.1, 0.15) is 17.7 Å². The van der Waals surface area contributed by atoms with Gasteiger partial charge in [0.25, 0.3) is 0 Å². The highest BCUT2D eigenvalue weighted by Gasteiger charge is 2.45. The van der Waals surface area contributed by atoms with E-state index in [9.17, 15) is 20.1 Å². The van der Waals surface area contributed by atoms with Gasteiger partial charge in [0.2, 0.25) is 11.9 Å². The quantitative estimate of drug-likeness (QED) is 0.115. The first-order chi connectivity index (χ1) is 25.9. The molecule has 5 atom stereocenters. The second-order valence-electron chi connectivity index (χ2n) is 13.5. The number of urea groups is 1. The number of carbonyl (C=O) groups is 1. The van der Waals surface area contributed by atoms with Gasteiger partial charge in [-0.3, -0.25) is 14.2 Å². The molecule has 6 N–H and O–H groups in total. The second kappa shape index (κ2) is 15.0. The molecule has 1 aliphatic heterocycles. The van der Waals surface area contributed by atoms with E-state index in [0.29, 0.717) is 66.8 Å². The van der Waals surface area contributed by atoms with Crippen LogP contribution in [0.5, 0.6) is 0 Å². The molecule has 1 saturated heterocycles. The summed E-state index contributed by atoms with van der Waals surface area (Å²) < 4.78 is 3.49. The van der Waals surface area contributed by atoms with E-state index in [2.05, 4.69) is 55.3 Å². The van der Waals surface area contributed by atoms with Crippen LogP contribution in [0.25, 0.3) is 11.2 Å². The number of amides is 2. The van der Waals surface area contributed by atoms with E-state index < -0.39 is 24.3 Å². The highest BCUT2D eigenvalue weighted by Crippen LogP contribution is 2.42. The Balaban J connectivity index is 1.10. The van der Waals surface area contributed by atoms with Crippen molar-refractivity contribution >= 4 is 34.8 Å². The van der Waals surface area contributed by atoms with E-state index in [4.69, 9.17) is 9.97 Å². The van der Waals surface area contributed by atoms with E-state index in [-0.39, 0.29) is 24.6 Å². The predicted molar refractivity (Wildman–Crippen MR) is 198 cm³/mol. The maximum Gasteiger partial charge on any atom is 0.319 e. The molecule has 2 fully saturated rings.